The van der Waals surface area contributed by atoms with Gasteiger partial charge in [0.25, 0.3) is 11.2 Å². The number of hydrogen-bond acceptors (Lipinski definition) is 5. The molecule has 17 heavy (non-hydrogen) atoms. The minimum absolute atomic E-state index is 0.00542. The molecule has 0 atom stereocenters. The fourth-order valence-electron chi connectivity index (χ4n) is 1.38. The number of benzene rings is 1. The number of anilines is 1. The molecule has 0 fully saturated rings. The van der Waals surface area contributed by atoms with E-state index in [4.69, 9.17) is 5.73 Å². The number of nitrogens with one attached hydrogen (secondary N) is 1. The molecule has 0 aliphatic rings. The molecular weight excluding hydrogens is 224 g/mol. The van der Waals surface area contributed by atoms with Gasteiger partial charge in [-0.1, -0.05) is 0 Å². The van der Waals surface area contributed by atoms with E-state index in [9.17, 15) is 14.9 Å². The largest absolute Gasteiger partial charge is 0.369 e. The van der Waals surface area contributed by atoms with Gasteiger partial charge in [-0.05, 0) is 12.1 Å². The summed E-state index contributed by atoms with van der Waals surface area (Å²) in [6, 6.07) is 6.99. The predicted octanol–water partition coefficient (Wildman–Crippen LogP) is 0.927. The maximum atomic E-state index is 11.2. The first-order chi connectivity index (χ1) is 8.06. The molecule has 7 heteroatoms. The van der Waals surface area contributed by atoms with Crippen LogP contribution in [0.2, 0.25) is 0 Å². The van der Waals surface area contributed by atoms with Crippen LogP contribution >= 0.6 is 0 Å². The van der Waals surface area contributed by atoms with Crippen LogP contribution in [-0.4, -0.2) is 14.9 Å². The second kappa shape index (κ2) is 4.05. The number of nitro benzene ring substituents is 1. The molecule has 0 unspecified atom stereocenters. The molecule has 0 aliphatic heterocycles. The van der Waals surface area contributed by atoms with Gasteiger partial charge in [0.1, 0.15) is 0 Å². The van der Waals surface area contributed by atoms with Gasteiger partial charge in [-0.3, -0.25) is 19.9 Å². The molecule has 86 valence electrons. The summed E-state index contributed by atoms with van der Waals surface area (Å²) in [6.45, 7) is 0. The normalized spacial score (nSPS) is 10.1. The van der Waals surface area contributed by atoms with Crippen LogP contribution < -0.4 is 11.3 Å². The van der Waals surface area contributed by atoms with Gasteiger partial charge in [-0.2, -0.15) is 0 Å². The van der Waals surface area contributed by atoms with Crippen LogP contribution in [-0.2, 0) is 0 Å². The Morgan fingerprint density at radius 3 is 2.47 bits per heavy atom. The van der Waals surface area contributed by atoms with Crippen molar-refractivity contribution in [2.75, 3.05) is 5.73 Å². The number of H-pyrrole nitrogens is 1. The second-order valence-corrected chi connectivity index (χ2v) is 3.32. The zero-order valence-corrected chi connectivity index (χ0v) is 8.58. The van der Waals surface area contributed by atoms with Crippen molar-refractivity contribution in [2.24, 2.45) is 0 Å². The van der Waals surface area contributed by atoms with Crippen molar-refractivity contribution < 1.29 is 4.92 Å². The molecule has 0 bridgehead atoms. The molecule has 3 N–H and O–H groups in total. The molecule has 1 heterocycles. The van der Waals surface area contributed by atoms with E-state index < -0.39 is 4.92 Å². The lowest BCUT2D eigenvalue weighted by atomic mass is 10.1. The lowest BCUT2D eigenvalue weighted by Crippen LogP contribution is -2.10. The number of nitrogens with zero attached hydrogens (tertiary/aromatic N) is 2. The summed E-state index contributed by atoms with van der Waals surface area (Å²) >= 11 is 0. The maximum Gasteiger partial charge on any atom is 0.269 e. The van der Waals surface area contributed by atoms with Gasteiger partial charge in [0.15, 0.2) is 0 Å². The summed E-state index contributed by atoms with van der Waals surface area (Å²) in [5.74, 6) is 0.00542. The molecule has 0 radical (unpaired) electrons. The SMILES string of the molecule is Nc1nc(-c2ccc([N+](=O)[O-])cc2)cc(=O)[nH]1. The van der Waals surface area contributed by atoms with Crippen molar-refractivity contribution in [2.45, 2.75) is 0 Å². The average Bonchev–Trinajstić information content (AvgIpc) is 2.28. The van der Waals surface area contributed by atoms with Gasteiger partial charge in [0, 0.05) is 23.8 Å². The number of nitrogen functional groups attached to an aromatic ring is 1. The van der Waals surface area contributed by atoms with Crippen molar-refractivity contribution in [1.82, 2.24) is 9.97 Å². The summed E-state index contributed by atoms with van der Waals surface area (Å²) in [5.41, 5.74) is 5.98. The number of rotatable bonds is 2. The molecule has 0 saturated carbocycles. The van der Waals surface area contributed by atoms with Crippen LogP contribution in [0.1, 0.15) is 0 Å². The van der Waals surface area contributed by atoms with Crippen LogP contribution in [0.4, 0.5) is 11.6 Å². The van der Waals surface area contributed by atoms with Gasteiger partial charge in [0.2, 0.25) is 5.95 Å². The van der Waals surface area contributed by atoms with Gasteiger partial charge < -0.3 is 5.73 Å². The molecule has 1 aromatic carbocycles. The summed E-state index contributed by atoms with van der Waals surface area (Å²) in [4.78, 5) is 27.4. The highest BCUT2D eigenvalue weighted by Crippen LogP contribution is 2.19. The topological polar surface area (TPSA) is 115 Å². The Morgan fingerprint density at radius 1 is 1.29 bits per heavy atom. The van der Waals surface area contributed by atoms with Gasteiger partial charge in [-0.25, -0.2) is 4.98 Å². The van der Waals surface area contributed by atoms with Crippen molar-refractivity contribution in [3.8, 4) is 11.3 Å². The Kier molecular flexibility index (Phi) is 2.57. The third-order valence-electron chi connectivity index (χ3n) is 2.13. The van der Waals surface area contributed by atoms with Crippen molar-refractivity contribution >= 4 is 11.6 Å². The quantitative estimate of drug-likeness (QED) is 0.590. The Labute approximate surface area is 95.1 Å². The number of non-ortho nitro benzene ring substituents is 1. The van der Waals surface area contributed by atoms with Crippen LogP contribution in [0.25, 0.3) is 11.3 Å². The highest BCUT2D eigenvalue weighted by atomic mass is 16.6. The molecule has 2 rings (SSSR count). The van der Waals surface area contributed by atoms with E-state index in [1.165, 1.54) is 30.3 Å². The zero-order valence-electron chi connectivity index (χ0n) is 8.58. The van der Waals surface area contributed by atoms with Crippen molar-refractivity contribution in [3.05, 3.63) is 50.8 Å². The minimum Gasteiger partial charge on any atom is -0.369 e. The molecular formula is C10H8N4O3. The fraction of sp³-hybridized carbons (Fsp3) is 0. The lowest BCUT2D eigenvalue weighted by Gasteiger charge is -2.00. The predicted molar refractivity (Wildman–Crippen MR) is 61.4 cm³/mol. The number of nitro groups is 1. The third-order valence-corrected chi connectivity index (χ3v) is 2.13. The Balaban J connectivity index is 2.46. The number of aromatic nitrogens is 2. The Bertz CT molecular complexity index is 618. The highest BCUT2D eigenvalue weighted by molar-refractivity contribution is 5.61. The fourth-order valence-corrected chi connectivity index (χ4v) is 1.38. The lowest BCUT2D eigenvalue weighted by molar-refractivity contribution is -0.384. The maximum absolute atomic E-state index is 11.2. The minimum atomic E-state index is -0.497. The third kappa shape index (κ3) is 2.28. The van der Waals surface area contributed by atoms with Crippen molar-refractivity contribution in [3.63, 3.8) is 0 Å². The highest BCUT2D eigenvalue weighted by Gasteiger charge is 2.06. The van der Waals surface area contributed by atoms with E-state index >= 15 is 0 Å². The van der Waals surface area contributed by atoms with E-state index in [1.807, 2.05) is 0 Å². The number of hydrogen-bond donors (Lipinski definition) is 2. The van der Waals surface area contributed by atoms with Gasteiger partial charge in [-0.15, -0.1) is 0 Å². The first-order valence-electron chi connectivity index (χ1n) is 4.68. The molecule has 0 spiro atoms. The molecule has 1 aromatic heterocycles. The average molecular weight is 232 g/mol. The van der Waals surface area contributed by atoms with E-state index in [1.54, 1.807) is 0 Å². The summed E-state index contributed by atoms with van der Waals surface area (Å²) in [5, 5.41) is 10.5. The summed E-state index contributed by atoms with van der Waals surface area (Å²) in [6.07, 6.45) is 0. The van der Waals surface area contributed by atoms with Crippen LogP contribution in [0.3, 0.4) is 0 Å². The first kappa shape index (κ1) is 10.8. The molecule has 2 aromatic rings. The Morgan fingerprint density at radius 2 is 1.94 bits per heavy atom. The smallest absolute Gasteiger partial charge is 0.269 e. The Hall–Kier alpha value is -2.70. The first-order valence-corrected chi connectivity index (χ1v) is 4.68. The van der Waals surface area contributed by atoms with Crippen LogP contribution in [0, 0.1) is 10.1 Å². The summed E-state index contributed by atoms with van der Waals surface area (Å²) in [7, 11) is 0. The van der Waals surface area contributed by atoms with E-state index in [0.29, 0.717) is 11.3 Å². The summed E-state index contributed by atoms with van der Waals surface area (Å²) < 4.78 is 0. The van der Waals surface area contributed by atoms with Crippen LogP contribution in [0.15, 0.2) is 35.1 Å². The van der Waals surface area contributed by atoms with E-state index in [2.05, 4.69) is 9.97 Å². The number of aromatic amines is 1. The van der Waals surface area contributed by atoms with E-state index in [0.717, 1.165) is 0 Å². The molecule has 0 amide bonds. The van der Waals surface area contributed by atoms with Gasteiger partial charge in [0.05, 0.1) is 10.6 Å². The van der Waals surface area contributed by atoms with Crippen molar-refractivity contribution in [1.29, 1.82) is 0 Å². The second-order valence-electron chi connectivity index (χ2n) is 3.32. The molecule has 0 aliphatic carbocycles. The molecule has 0 saturated heterocycles. The number of nitrogens with two attached hydrogens (primary N) is 1. The van der Waals surface area contributed by atoms with Gasteiger partial charge >= 0.3 is 0 Å². The monoisotopic (exact) mass is 232 g/mol. The standard InChI is InChI=1S/C10H8N4O3/c11-10-12-8(5-9(15)13-10)6-1-3-7(4-2-6)14(16)17/h1-5H,(H3,11,12,13,15). The van der Waals surface area contributed by atoms with Crippen LogP contribution in [0.5, 0.6) is 0 Å². The van der Waals surface area contributed by atoms with E-state index in [-0.39, 0.29) is 17.2 Å². The zero-order chi connectivity index (χ0) is 12.4. The molecule has 7 nitrogen and oxygen atoms in total.